The van der Waals surface area contributed by atoms with Gasteiger partial charge in [-0.2, -0.15) is 0 Å². The second-order valence-electron chi connectivity index (χ2n) is 13.2. The Morgan fingerprint density at radius 3 is 1.79 bits per heavy atom. The van der Waals surface area contributed by atoms with Crippen molar-refractivity contribution >= 4 is 53.7 Å². The second kappa shape index (κ2) is 11.0. The van der Waals surface area contributed by atoms with Crippen molar-refractivity contribution in [2.24, 2.45) is 0 Å². The Kier molecular flexibility index (Phi) is 6.21. The van der Waals surface area contributed by atoms with Crippen molar-refractivity contribution in [1.82, 2.24) is 15.0 Å². The summed E-state index contributed by atoms with van der Waals surface area (Å²) in [6, 6.07) is 48.3. The monoisotopic (exact) mass is 703 g/mol. The molecule has 7 nitrogen and oxygen atoms in total. The van der Waals surface area contributed by atoms with E-state index >= 15 is 0 Å². The minimum atomic E-state index is -3.88. The van der Waals surface area contributed by atoms with Gasteiger partial charge in [-0.1, -0.05) is 109 Å². The van der Waals surface area contributed by atoms with Crippen molar-refractivity contribution in [2.75, 3.05) is 0 Å². The van der Waals surface area contributed by atoms with E-state index in [0.29, 0.717) is 34.2 Å². The normalized spacial score (nSPS) is 13.2. The van der Waals surface area contributed by atoms with E-state index in [4.69, 9.17) is 23.8 Å². The van der Waals surface area contributed by atoms with E-state index in [0.717, 1.165) is 66.1 Å². The molecule has 0 saturated carbocycles. The zero-order valence-corrected chi connectivity index (χ0v) is 28.6. The molecule has 0 saturated heterocycles. The fraction of sp³-hybridized carbons (Fsp3) is 0. The average Bonchev–Trinajstić information content (AvgIpc) is 3.85. The summed E-state index contributed by atoms with van der Waals surface area (Å²) in [5.41, 5.74) is 8.23. The molecule has 1 aliphatic heterocycles. The molecule has 8 heteroatoms. The second-order valence-corrected chi connectivity index (χ2v) is 15.0. The summed E-state index contributed by atoms with van der Waals surface area (Å²) in [6.07, 6.45) is 0. The van der Waals surface area contributed by atoms with Crippen molar-refractivity contribution in [2.45, 2.75) is 9.79 Å². The number of aromatic nitrogens is 3. The number of hydrogen-bond donors (Lipinski definition) is 0. The number of para-hydroxylation sites is 2. The van der Waals surface area contributed by atoms with Gasteiger partial charge in [0, 0.05) is 49.4 Å². The van der Waals surface area contributed by atoms with Gasteiger partial charge in [0.05, 0.1) is 9.79 Å². The van der Waals surface area contributed by atoms with Crippen LogP contribution in [0.15, 0.2) is 170 Å². The smallest absolute Gasteiger partial charge is 0.207 e. The van der Waals surface area contributed by atoms with Gasteiger partial charge in [-0.25, -0.2) is 23.4 Å². The minimum absolute atomic E-state index is 0.216. The first-order chi connectivity index (χ1) is 26.0. The number of fused-ring (bicyclic) bond motifs is 9. The van der Waals surface area contributed by atoms with Gasteiger partial charge in [0.25, 0.3) is 0 Å². The van der Waals surface area contributed by atoms with E-state index in [1.54, 1.807) is 12.1 Å². The summed E-state index contributed by atoms with van der Waals surface area (Å²) in [4.78, 5) is 15.2. The maximum Gasteiger partial charge on any atom is 0.207 e. The molecular formula is C45H25N3O4S. The molecule has 7 aromatic carbocycles. The standard InChI is InChI=1S/C45H25N3O4S/c49-53(50)39-19-9-15-32(31-14-8-18-37-41(31)33-13-5-7-17-36(33)51-37)42(39)34-23-21-28(25-40(34)53)45-47-43(26-10-2-1-3-11-26)46-44(48-45)27-20-22-30-29-12-4-6-16-35(29)52-38(30)24-27/h1-25H. The van der Waals surface area contributed by atoms with Crippen molar-refractivity contribution in [3.63, 3.8) is 0 Å². The highest BCUT2D eigenvalue weighted by Crippen LogP contribution is 2.50. The molecule has 0 N–H and O–H groups in total. The number of rotatable bonds is 4. The summed E-state index contributed by atoms with van der Waals surface area (Å²) in [5.74, 6) is 1.29. The third-order valence-corrected chi connectivity index (χ3v) is 11.9. The maximum absolute atomic E-state index is 14.4. The first-order valence-corrected chi connectivity index (χ1v) is 18.7. The van der Waals surface area contributed by atoms with Gasteiger partial charge in [-0.15, -0.1) is 0 Å². The summed E-state index contributed by atoms with van der Waals surface area (Å²) >= 11 is 0. The van der Waals surface area contributed by atoms with Crippen LogP contribution in [0.25, 0.3) is 100 Å². The van der Waals surface area contributed by atoms with Crippen LogP contribution in [0.3, 0.4) is 0 Å². The SMILES string of the molecule is O=S1(=O)c2cc(-c3nc(-c4ccccc4)nc(-c4ccc5c(c4)oc4ccccc45)n3)ccc2-c2c(-c3cccc4oc5ccccc5c34)cccc21. The van der Waals surface area contributed by atoms with Gasteiger partial charge in [-0.05, 0) is 53.6 Å². The molecule has 10 aromatic rings. The quantitative estimate of drug-likeness (QED) is 0.180. The summed E-state index contributed by atoms with van der Waals surface area (Å²) < 4.78 is 41.1. The minimum Gasteiger partial charge on any atom is -0.456 e. The molecule has 1 aliphatic rings. The van der Waals surface area contributed by atoms with E-state index in [-0.39, 0.29) is 9.79 Å². The Labute approximate surface area is 302 Å². The van der Waals surface area contributed by atoms with Gasteiger partial charge in [-0.3, -0.25) is 0 Å². The van der Waals surface area contributed by atoms with Crippen LogP contribution in [-0.2, 0) is 9.84 Å². The van der Waals surface area contributed by atoms with E-state index in [1.165, 1.54) is 0 Å². The zero-order valence-electron chi connectivity index (χ0n) is 27.8. The average molecular weight is 704 g/mol. The molecule has 0 fully saturated rings. The molecule has 0 aliphatic carbocycles. The lowest BCUT2D eigenvalue weighted by Crippen LogP contribution is -2.01. The molecule has 250 valence electrons. The Hall–Kier alpha value is -6.90. The predicted molar refractivity (Wildman–Crippen MR) is 207 cm³/mol. The van der Waals surface area contributed by atoms with Crippen LogP contribution in [0.5, 0.6) is 0 Å². The van der Waals surface area contributed by atoms with Crippen LogP contribution >= 0.6 is 0 Å². The largest absolute Gasteiger partial charge is 0.456 e. The number of furan rings is 2. The molecule has 11 rings (SSSR count). The highest BCUT2D eigenvalue weighted by atomic mass is 32.2. The summed E-state index contributed by atoms with van der Waals surface area (Å²) in [6.45, 7) is 0. The van der Waals surface area contributed by atoms with E-state index in [1.807, 2.05) is 140 Å². The molecule has 53 heavy (non-hydrogen) atoms. The molecule has 0 spiro atoms. The molecule has 0 unspecified atom stereocenters. The van der Waals surface area contributed by atoms with Gasteiger partial charge in [0.1, 0.15) is 22.3 Å². The van der Waals surface area contributed by atoms with Crippen LogP contribution in [0.4, 0.5) is 0 Å². The van der Waals surface area contributed by atoms with Crippen molar-refractivity contribution in [1.29, 1.82) is 0 Å². The third-order valence-electron chi connectivity index (χ3n) is 10.1. The highest BCUT2D eigenvalue weighted by molar-refractivity contribution is 7.92. The molecule has 0 bridgehead atoms. The topological polar surface area (TPSA) is 99.1 Å². The van der Waals surface area contributed by atoms with E-state index in [9.17, 15) is 8.42 Å². The van der Waals surface area contributed by atoms with Crippen LogP contribution < -0.4 is 0 Å². The molecule has 0 radical (unpaired) electrons. The third kappa shape index (κ3) is 4.46. The molecule has 0 amide bonds. The van der Waals surface area contributed by atoms with Crippen molar-refractivity contribution in [3.8, 4) is 56.4 Å². The predicted octanol–water partition coefficient (Wildman–Crippen LogP) is 11.2. The first kappa shape index (κ1) is 29.8. The Bertz CT molecular complexity index is 3260. The van der Waals surface area contributed by atoms with E-state index in [2.05, 4.69) is 0 Å². The Morgan fingerprint density at radius 1 is 0.396 bits per heavy atom. The van der Waals surface area contributed by atoms with Crippen molar-refractivity contribution < 1.29 is 17.3 Å². The van der Waals surface area contributed by atoms with Crippen LogP contribution in [0.1, 0.15) is 0 Å². The Morgan fingerprint density at radius 2 is 0.981 bits per heavy atom. The van der Waals surface area contributed by atoms with Gasteiger partial charge in [0.15, 0.2) is 17.5 Å². The fourth-order valence-electron chi connectivity index (χ4n) is 7.68. The van der Waals surface area contributed by atoms with Gasteiger partial charge < -0.3 is 8.83 Å². The summed E-state index contributed by atoms with van der Waals surface area (Å²) in [5, 5.41) is 3.97. The molecule has 0 atom stereocenters. The van der Waals surface area contributed by atoms with Gasteiger partial charge >= 0.3 is 0 Å². The molecule has 3 aromatic heterocycles. The lowest BCUT2D eigenvalue weighted by atomic mass is 9.91. The Balaban J connectivity index is 1.09. The molecule has 4 heterocycles. The van der Waals surface area contributed by atoms with Crippen molar-refractivity contribution in [3.05, 3.63) is 152 Å². The highest BCUT2D eigenvalue weighted by Gasteiger charge is 2.36. The van der Waals surface area contributed by atoms with Gasteiger partial charge in [0.2, 0.25) is 9.84 Å². The number of sulfone groups is 1. The maximum atomic E-state index is 14.4. The lowest BCUT2D eigenvalue weighted by Gasteiger charge is -2.11. The first-order valence-electron chi connectivity index (χ1n) is 17.2. The number of nitrogens with zero attached hydrogens (tertiary/aromatic N) is 3. The summed E-state index contributed by atoms with van der Waals surface area (Å²) in [7, 11) is -3.88. The number of benzene rings is 7. The number of hydrogen-bond acceptors (Lipinski definition) is 7. The fourth-order valence-corrected chi connectivity index (χ4v) is 9.41. The van der Waals surface area contributed by atoms with Crippen LogP contribution in [-0.4, -0.2) is 23.4 Å². The lowest BCUT2D eigenvalue weighted by molar-refractivity contribution is 0.598. The van der Waals surface area contributed by atoms with E-state index < -0.39 is 9.84 Å². The zero-order chi connectivity index (χ0) is 35.3. The van der Waals surface area contributed by atoms with Crippen LogP contribution in [0.2, 0.25) is 0 Å². The van der Waals surface area contributed by atoms with Crippen LogP contribution in [0, 0.1) is 0 Å². The molecular weight excluding hydrogens is 679 g/mol.